The van der Waals surface area contributed by atoms with Crippen molar-refractivity contribution in [1.29, 1.82) is 0 Å². The molecule has 0 amide bonds. The predicted molar refractivity (Wildman–Crippen MR) is 32.0 cm³/mol. The zero-order valence-electron chi connectivity index (χ0n) is 5.60. The molecule has 0 bridgehead atoms. The first-order valence-electron chi connectivity index (χ1n) is 2.96. The van der Waals surface area contributed by atoms with Crippen molar-refractivity contribution < 1.29 is 14.3 Å². The Morgan fingerprint density at radius 2 is 2.22 bits per heavy atom. The van der Waals surface area contributed by atoms with E-state index in [1.54, 1.807) is 13.8 Å². The summed E-state index contributed by atoms with van der Waals surface area (Å²) in [6.07, 6.45) is -1.14. The highest BCUT2D eigenvalue weighted by Crippen LogP contribution is 2.10. The summed E-state index contributed by atoms with van der Waals surface area (Å²) in [6.45, 7) is 3.35. The quantitative estimate of drug-likeness (QED) is 0.634. The van der Waals surface area contributed by atoms with E-state index in [0.717, 1.165) is 0 Å². The van der Waals surface area contributed by atoms with Crippen LogP contribution in [0.4, 0.5) is 4.39 Å². The number of hydrogen-bond acceptors (Lipinski definition) is 1. The fourth-order valence-electron chi connectivity index (χ4n) is 0.450. The Kier molecular flexibility index (Phi) is 3.20. The summed E-state index contributed by atoms with van der Waals surface area (Å²) in [6, 6.07) is 0. The highest BCUT2D eigenvalue weighted by molar-refractivity contribution is 5.72. The average Bonchev–Trinajstić information content (AvgIpc) is 1.84. The van der Waals surface area contributed by atoms with Gasteiger partial charge in [-0.25, -0.2) is 9.18 Å². The second-order valence-electron chi connectivity index (χ2n) is 2.13. The summed E-state index contributed by atoms with van der Waals surface area (Å²) >= 11 is 0. The Labute approximate surface area is 53.7 Å². The van der Waals surface area contributed by atoms with Crippen molar-refractivity contribution in [3.8, 4) is 0 Å². The Hall–Kier alpha value is -0.600. The van der Waals surface area contributed by atoms with Gasteiger partial charge >= 0.3 is 5.97 Å². The van der Waals surface area contributed by atoms with Crippen molar-refractivity contribution >= 4 is 5.97 Å². The minimum absolute atomic E-state index is 0.373. The van der Waals surface area contributed by atoms with Gasteiger partial charge in [-0.05, 0) is 5.92 Å². The third-order valence-electron chi connectivity index (χ3n) is 1.38. The molecule has 0 saturated carbocycles. The number of halogens is 1. The van der Waals surface area contributed by atoms with Crippen LogP contribution < -0.4 is 0 Å². The molecule has 0 heterocycles. The lowest BCUT2D eigenvalue weighted by atomic mass is 10.0. The standard InChI is InChI=1S/C6H11FO2/c1-3-4(2)5(7)6(8)9/h4-5H,3H2,1-2H3,(H,8,9)/t4-,5?/m0/s1. The van der Waals surface area contributed by atoms with Gasteiger partial charge in [0.1, 0.15) is 0 Å². The Balaban J connectivity index is 3.72. The van der Waals surface area contributed by atoms with Crippen LogP contribution in [0.5, 0.6) is 0 Å². The SMILES string of the molecule is CC[C@H](C)C(F)C(=O)O. The molecule has 54 valence electrons. The fourth-order valence-corrected chi connectivity index (χ4v) is 0.450. The zero-order valence-corrected chi connectivity index (χ0v) is 5.60. The van der Waals surface area contributed by atoms with Crippen LogP contribution in [0.15, 0.2) is 0 Å². The first-order chi connectivity index (χ1) is 4.09. The van der Waals surface area contributed by atoms with Crippen molar-refractivity contribution in [1.82, 2.24) is 0 Å². The van der Waals surface area contributed by atoms with E-state index in [0.29, 0.717) is 6.42 Å². The van der Waals surface area contributed by atoms with E-state index in [1.807, 2.05) is 0 Å². The molecule has 2 atom stereocenters. The zero-order chi connectivity index (χ0) is 7.44. The van der Waals surface area contributed by atoms with Crippen LogP contribution in [0.1, 0.15) is 20.3 Å². The Bertz CT molecular complexity index is 103. The summed E-state index contributed by atoms with van der Waals surface area (Å²) in [4.78, 5) is 9.92. The normalized spacial score (nSPS) is 16.8. The molecule has 0 fully saturated rings. The fraction of sp³-hybridized carbons (Fsp3) is 0.833. The summed E-state index contributed by atoms with van der Waals surface area (Å²) in [5.74, 6) is -1.73. The van der Waals surface area contributed by atoms with Gasteiger partial charge in [0.05, 0.1) is 0 Å². The van der Waals surface area contributed by atoms with Crippen LogP contribution in [-0.4, -0.2) is 17.2 Å². The van der Waals surface area contributed by atoms with E-state index in [4.69, 9.17) is 5.11 Å². The summed E-state index contributed by atoms with van der Waals surface area (Å²) in [5, 5.41) is 8.11. The Morgan fingerprint density at radius 1 is 1.78 bits per heavy atom. The van der Waals surface area contributed by atoms with Crippen molar-refractivity contribution in [3.63, 3.8) is 0 Å². The number of hydrogen-bond donors (Lipinski definition) is 1. The average molecular weight is 134 g/mol. The number of rotatable bonds is 3. The van der Waals surface area contributed by atoms with Crippen molar-refractivity contribution in [2.24, 2.45) is 5.92 Å². The number of alkyl halides is 1. The molecule has 0 radical (unpaired) electrons. The maximum absolute atomic E-state index is 12.3. The van der Waals surface area contributed by atoms with E-state index in [-0.39, 0.29) is 5.92 Å². The molecule has 3 heteroatoms. The smallest absolute Gasteiger partial charge is 0.338 e. The van der Waals surface area contributed by atoms with Crippen LogP contribution in [0.3, 0.4) is 0 Å². The lowest BCUT2D eigenvalue weighted by molar-refractivity contribution is -0.144. The van der Waals surface area contributed by atoms with Gasteiger partial charge in [-0.3, -0.25) is 0 Å². The third-order valence-corrected chi connectivity index (χ3v) is 1.38. The lowest BCUT2D eigenvalue weighted by Gasteiger charge is -2.08. The van der Waals surface area contributed by atoms with Gasteiger partial charge in [0.25, 0.3) is 0 Å². The minimum Gasteiger partial charge on any atom is -0.479 e. The van der Waals surface area contributed by atoms with E-state index in [2.05, 4.69) is 0 Å². The summed E-state index contributed by atoms with van der Waals surface area (Å²) in [7, 11) is 0. The van der Waals surface area contributed by atoms with Crippen molar-refractivity contribution in [2.75, 3.05) is 0 Å². The van der Waals surface area contributed by atoms with Gasteiger partial charge in [-0.2, -0.15) is 0 Å². The molecule has 2 nitrogen and oxygen atoms in total. The second-order valence-corrected chi connectivity index (χ2v) is 2.13. The number of aliphatic carboxylic acids is 1. The molecule has 1 N–H and O–H groups in total. The van der Waals surface area contributed by atoms with Gasteiger partial charge in [-0.1, -0.05) is 20.3 Å². The van der Waals surface area contributed by atoms with E-state index in [1.165, 1.54) is 0 Å². The van der Waals surface area contributed by atoms with Crippen LogP contribution in [0, 0.1) is 5.92 Å². The minimum atomic E-state index is -1.70. The summed E-state index contributed by atoms with van der Waals surface area (Å²) < 4.78 is 12.3. The summed E-state index contributed by atoms with van der Waals surface area (Å²) in [5.41, 5.74) is 0. The predicted octanol–water partition coefficient (Wildman–Crippen LogP) is 1.46. The van der Waals surface area contributed by atoms with Crippen LogP contribution in [-0.2, 0) is 4.79 Å². The molecule has 0 aromatic heterocycles. The van der Waals surface area contributed by atoms with Gasteiger partial charge < -0.3 is 5.11 Å². The topological polar surface area (TPSA) is 37.3 Å². The molecule has 0 rings (SSSR count). The second kappa shape index (κ2) is 3.43. The molecule has 9 heavy (non-hydrogen) atoms. The van der Waals surface area contributed by atoms with Crippen LogP contribution >= 0.6 is 0 Å². The van der Waals surface area contributed by atoms with E-state index >= 15 is 0 Å². The van der Waals surface area contributed by atoms with Crippen molar-refractivity contribution in [3.05, 3.63) is 0 Å². The van der Waals surface area contributed by atoms with Crippen LogP contribution in [0.25, 0.3) is 0 Å². The molecule has 0 aromatic carbocycles. The van der Waals surface area contributed by atoms with Crippen molar-refractivity contribution in [2.45, 2.75) is 26.4 Å². The van der Waals surface area contributed by atoms with Gasteiger partial charge in [0.15, 0.2) is 6.17 Å². The Morgan fingerprint density at radius 3 is 2.33 bits per heavy atom. The lowest BCUT2D eigenvalue weighted by Crippen LogP contribution is -2.22. The molecule has 0 aliphatic rings. The van der Waals surface area contributed by atoms with Crippen LogP contribution in [0.2, 0.25) is 0 Å². The largest absolute Gasteiger partial charge is 0.479 e. The molecule has 1 unspecified atom stereocenters. The highest BCUT2D eigenvalue weighted by atomic mass is 19.1. The molecule has 0 spiro atoms. The molecule has 0 saturated heterocycles. The molecule has 0 aliphatic carbocycles. The van der Waals surface area contributed by atoms with Gasteiger partial charge in [0.2, 0.25) is 0 Å². The third kappa shape index (κ3) is 2.44. The molecular formula is C6H11FO2. The number of carboxylic acid groups (broad SMARTS) is 1. The number of carbonyl (C=O) groups is 1. The molecular weight excluding hydrogens is 123 g/mol. The maximum atomic E-state index is 12.3. The van der Waals surface area contributed by atoms with E-state index < -0.39 is 12.1 Å². The first kappa shape index (κ1) is 8.40. The molecule has 0 aromatic rings. The highest BCUT2D eigenvalue weighted by Gasteiger charge is 2.21. The molecule has 0 aliphatic heterocycles. The van der Waals surface area contributed by atoms with E-state index in [9.17, 15) is 9.18 Å². The van der Waals surface area contributed by atoms with Gasteiger partial charge in [-0.15, -0.1) is 0 Å². The first-order valence-corrected chi connectivity index (χ1v) is 2.96. The monoisotopic (exact) mass is 134 g/mol. The number of carboxylic acids is 1. The maximum Gasteiger partial charge on any atom is 0.338 e. The van der Waals surface area contributed by atoms with Gasteiger partial charge in [0, 0.05) is 0 Å².